The van der Waals surface area contributed by atoms with Gasteiger partial charge in [-0.3, -0.25) is 4.79 Å². The van der Waals surface area contributed by atoms with Gasteiger partial charge in [0, 0.05) is 25.3 Å². The van der Waals surface area contributed by atoms with Gasteiger partial charge < -0.3 is 10.2 Å². The van der Waals surface area contributed by atoms with E-state index in [2.05, 4.69) is 5.32 Å². The molecule has 1 saturated carbocycles. The van der Waals surface area contributed by atoms with Gasteiger partial charge in [-0.15, -0.1) is 12.4 Å². The number of carbonyl (C=O) groups is 1. The molecule has 1 amide bonds. The smallest absolute Gasteiger partial charge is 0.232 e. The van der Waals surface area contributed by atoms with Gasteiger partial charge in [0.15, 0.2) is 0 Å². The quantitative estimate of drug-likeness (QED) is 0.919. The molecule has 4 heteroatoms. The van der Waals surface area contributed by atoms with E-state index in [9.17, 15) is 4.79 Å². The standard InChI is InChI=1S/C15H20N2O.ClH/c18-15(13-9-16-10-13)17(11-12-5-4-6-12)14-7-2-1-3-8-14;/h1-3,7-8,12-13,16H,4-6,9-11H2;1H. The molecular formula is C15H21ClN2O. The summed E-state index contributed by atoms with van der Waals surface area (Å²) in [6.07, 6.45) is 3.88. The Morgan fingerprint density at radius 1 is 1.21 bits per heavy atom. The molecule has 1 aliphatic heterocycles. The Morgan fingerprint density at radius 2 is 1.89 bits per heavy atom. The number of amides is 1. The largest absolute Gasteiger partial charge is 0.315 e. The number of rotatable bonds is 4. The highest BCUT2D eigenvalue weighted by molar-refractivity contribution is 5.95. The Kier molecular flexibility index (Phi) is 4.83. The molecule has 3 nitrogen and oxygen atoms in total. The summed E-state index contributed by atoms with van der Waals surface area (Å²) in [4.78, 5) is 14.5. The molecule has 0 spiro atoms. The van der Waals surface area contributed by atoms with Crippen LogP contribution in [0.1, 0.15) is 19.3 Å². The lowest BCUT2D eigenvalue weighted by atomic mass is 9.84. The van der Waals surface area contributed by atoms with Crippen molar-refractivity contribution in [3.05, 3.63) is 30.3 Å². The summed E-state index contributed by atoms with van der Waals surface area (Å²) >= 11 is 0. The fourth-order valence-corrected chi connectivity index (χ4v) is 2.55. The summed E-state index contributed by atoms with van der Waals surface area (Å²) in [5.74, 6) is 1.19. The van der Waals surface area contributed by atoms with Crippen molar-refractivity contribution in [2.45, 2.75) is 19.3 Å². The van der Waals surface area contributed by atoms with E-state index >= 15 is 0 Å². The average Bonchev–Trinajstić information content (AvgIpc) is 2.26. The normalized spacial score (nSPS) is 18.9. The number of anilines is 1. The van der Waals surface area contributed by atoms with Crippen LogP contribution in [-0.4, -0.2) is 25.5 Å². The van der Waals surface area contributed by atoms with Gasteiger partial charge in [0.2, 0.25) is 5.91 Å². The van der Waals surface area contributed by atoms with Crippen LogP contribution in [0.25, 0.3) is 0 Å². The fraction of sp³-hybridized carbons (Fsp3) is 0.533. The van der Waals surface area contributed by atoms with Crippen LogP contribution >= 0.6 is 12.4 Å². The summed E-state index contributed by atoms with van der Waals surface area (Å²) < 4.78 is 0. The number of para-hydroxylation sites is 1. The third kappa shape index (κ3) is 3.10. The molecule has 0 bridgehead atoms. The molecule has 1 aromatic rings. The lowest BCUT2D eigenvalue weighted by molar-refractivity contribution is -0.124. The Morgan fingerprint density at radius 3 is 2.37 bits per heavy atom. The van der Waals surface area contributed by atoms with Gasteiger partial charge >= 0.3 is 0 Å². The first kappa shape index (κ1) is 14.4. The maximum absolute atomic E-state index is 12.5. The van der Waals surface area contributed by atoms with Crippen LogP contribution in [0.5, 0.6) is 0 Å². The summed E-state index contributed by atoms with van der Waals surface area (Å²) in [5, 5.41) is 3.18. The van der Waals surface area contributed by atoms with Crippen molar-refractivity contribution in [1.82, 2.24) is 5.32 Å². The van der Waals surface area contributed by atoms with Crippen LogP contribution < -0.4 is 10.2 Å². The van der Waals surface area contributed by atoms with Gasteiger partial charge in [-0.05, 0) is 30.9 Å². The SMILES string of the molecule is Cl.O=C(C1CNC1)N(CC1CCC1)c1ccccc1. The molecule has 2 fully saturated rings. The van der Waals surface area contributed by atoms with Crippen LogP contribution in [0.4, 0.5) is 5.69 Å². The van der Waals surface area contributed by atoms with E-state index in [4.69, 9.17) is 0 Å². The van der Waals surface area contributed by atoms with Crippen LogP contribution in [0.2, 0.25) is 0 Å². The lowest BCUT2D eigenvalue weighted by Gasteiger charge is -2.36. The molecule has 2 aliphatic rings. The summed E-state index contributed by atoms with van der Waals surface area (Å²) in [6.45, 7) is 2.58. The Bertz CT molecular complexity index is 415. The third-order valence-electron chi connectivity index (χ3n) is 4.13. The van der Waals surface area contributed by atoms with E-state index in [1.54, 1.807) is 0 Å². The van der Waals surface area contributed by atoms with Gasteiger partial charge in [-0.25, -0.2) is 0 Å². The molecule has 0 aromatic heterocycles. The zero-order chi connectivity index (χ0) is 12.4. The third-order valence-corrected chi connectivity index (χ3v) is 4.13. The average molecular weight is 281 g/mol. The molecule has 1 aromatic carbocycles. The fourth-order valence-electron chi connectivity index (χ4n) is 2.55. The maximum Gasteiger partial charge on any atom is 0.232 e. The van der Waals surface area contributed by atoms with E-state index in [0.29, 0.717) is 11.8 Å². The number of hydrogen-bond donors (Lipinski definition) is 1. The molecule has 1 heterocycles. The minimum Gasteiger partial charge on any atom is -0.315 e. The molecule has 1 aliphatic carbocycles. The van der Waals surface area contributed by atoms with Crippen molar-refractivity contribution in [1.29, 1.82) is 0 Å². The number of benzene rings is 1. The maximum atomic E-state index is 12.5. The van der Waals surface area contributed by atoms with Gasteiger partial charge in [-0.1, -0.05) is 24.6 Å². The highest BCUT2D eigenvalue weighted by Crippen LogP contribution is 2.30. The van der Waals surface area contributed by atoms with Crippen LogP contribution in [-0.2, 0) is 4.79 Å². The first-order chi connectivity index (χ1) is 8.84. The predicted molar refractivity (Wildman–Crippen MR) is 79.7 cm³/mol. The Hall–Kier alpha value is -1.06. The van der Waals surface area contributed by atoms with E-state index in [1.165, 1.54) is 19.3 Å². The molecule has 0 unspecified atom stereocenters. The highest BCUT2D eigenvalue weighted by Gasteiger charge is 2.32. The van der Waals surface area contributed by atoms with Crippen molar-refractivity contribution >= 4 is 24.0 Å². The summed E-state index contributed by atoms with van der Waals surface area (Å²) in [7, 11) is 0. The van der Waals surface area contributed by atoms with Crippen LogP contribution in [0, 0.1) is 11.8 Å². The van der Waals surface area contributed by atoms with Crippen LogP contribution in [0.3, 0.4) is 0 Å². The Balaban J connectivity index is 0.00000133. The zero-order valence-corrected chi connectivity index (χ0v) is 11.9. The van der Waals surface area contributed by atoms with Crippen molar-refractivity contribution in [3.63, 3.8) is 0 Å². The Labute approximate surface area is 120 Å². The van der Waals surface area contributed by atoms with E-state index in [1.807, 2.05) is 35.2 Å². The summed E-state index contributed by atoms with van der Waals surface area (Å²) in [5.41, 5.74) is 1.06. The van der Waals surface area contributed by atoms with E-state index in [-0.39, 0.29) is 18.3 Å². The number of carbonyl (C=O) groups excluding carboxylic acids is 1. The topological polar surface area (TPSA) is 32.3 Å². The minimum atomic E-state index is 0. The van der Waals surface area contributed by atoms with Gasteiger partial charge in [-0.2, -0.15) is 0 Å². The molecule has 19 heavy (non-hydrogen) atoms. The number of nitrogens with one attached hydrogen (secondary N) is 1. The zero-order valence-electron chi connectivity index (χ0n) is 11.0. The molecule has 3 rings (SSSR count). The molecule has 104 valence electrons. The van der Waals surface area contributed by atoms with E-state index in [0.717, 1.165) is 25.3 Å². The molecular weight excluding hydrogens is 260 g/mol. The molecule has 1 saturated heterocycles. The second-order valence-electron chi connectivity index (χ2n) is 5.44. The minimum absolute atomic E-state index is 0. The van der Waals surface area contributed by atoms with Crippen LogP contribution in [0.15, 0.2) is 30.3 Å². The number of hydrogen-bond acceptors (Lipinski definition) is 2. The first-order valence-electron chi connectivity index (χ1n) is 6.92. The van der Waals surface area contributed by atoms with Crippen molar-refractivity contribution in [2.24, 2.45) is 11.8 Å². The first-order valence-corrected chi connectivity index (χ1v) is 6.92. The van der Waals surface area contributed by atoms with Crippen molar-refractivity contribution in [2.75, 3.05) is 24.5 Å². The second kappa shape index (κ2) is 6.40. The van der Waals surface area contributed by atoms with E-state index < -0.39 is 0 Å². The van der Waals surface area contributed by atoms with Crippen molar-refractivity contribution in [3.8, 4) is 0 Å². The monoisotopic (exact) mass is 280 g/mol. The molecule has 1 N–H and O–H groups in total. The van der Waals surface area contributed by atoms with Crippen molar-refractivity contribution < 1.29 is 4.79 Å². The molecule has 0 atom stereocenters. The number of halogens is 1. The molecule has 0 radical (unpaired) electrons. The second-order valence-corrected chi connectivity index (χ2v) is 5.44. The predicted octanol–water partition coefficient (Wildman–Crippen LogP) is 2.46. The number of nitrogens with zero attached hydrogens (tertiary/aromatic N) is 1. The lowest BCUT2D eigenvalue weighted by Crippen LogP contribution is -2.53. The van der Waals surface area contributed by atoms with Gasteiger partial charge in [0.1, 0.15) is 0 Å². The van der Waals surface area contributed by atoms with Gasteiger partial charge in [0.05, 0.1) is 5.92 Å². The van der Waals surface area contributed by atoms with Gasteiger partial charge in [0.25, 0.3) is 0 Å². The highest BCUT2D eigenvalue weighted by atomic mass is 35.5. The summed E-state index contributed by atoms with van der Waals surface area (Å²) in [6, 6.07) is 10.1.